The van der Waals surface area contributed by atoms with Crippen LogP contribution in [-0.4, -0.2) is 33.4 Å². The summed E-state index contributed by atoms with van der Waals surface area (Å²) >= 11 is 11.6. The van der Waals surface area contributed by atoms with Crippen molar-refractivity contribution in [3.05, 3.63) is 10.4 Å². The molecular weight excluding hydrogens is 251 g/mol. The van der Waals surface area contributed by atoms with Crippen LogP contribution in [-0.2, 0) is 4.74 Å². The van der Waals surface area contributed by atoms with Crippen LogP contribution < -0.4 is 5.32 Å². The fourth-order valence-corrected chi connectivity index (χ4v) is 1.89. The van der Waals surface area contributed by atoms with Crippen LogP contribution >= 0.6 is 23.2 Å². The van der Waals surface area contributed by atoms with Gasteiger partial charge in [0.05, 0.1) is 11.6 Å². The normalized spacial score (nSPS) is 29.4. The molecule has 1 N–H and O–H groups in total. The van der Waals surface area contributed by atoms with Crippen molar-refractivity contribution >= 4 is 29.0 Å². The van der Waals surface area contributed by atoms with E-state index in [-0.39, 0.29) is 22.1 Å². The highest BCUT2D eigenvalue weighted by molar-refractivity contribution is 6.32. The molecule has 7 heteroatoms. The first kappa shape index (κ1) is 11.8. The van der Waals surface area contributed by atoms with E-state index in [4.69, 9.17) is 27.9 Å². The fourth-order valence-electron chi connectivity index (χ4n) is 1.64. The lowest BCUT2D eigenvalue weighted by Crippen LogP contribution is -2.41. The Hall–Kier alpha value is -0.650. The van der Waals surface area contributed by atoms with E-state index in [2.05, 4.69) is 27.4 Å². The lowest BCUT2D eigenvalue weighted by atomic mass is 9.95. The number of hydrogen-bond acceptors (Lipinski definition) is 5. The third-order valence-corrected chi connectivity index (χ3v) is 3.32. The summed E-state index contributed by atoms with van der Waals surface area (Å²) < 4.78 is 5.51. The van der Waals surface area contributed by atoms with E-state index in [1.807, 2.05) is 6.92 Å². The Morgan fingerprint density at radius 3 is 2.81 bits per heavy atom. The van der Waals surface area contributed by atoms with Crippen LogP contribution in [0.1, 0.15) is 20.3 Å². The molecule has 2 unspecified atom stereocenters. The van der Waals surface area contributed by atoms with Gasteiger partial charge in [0.15, 0.2) is 11.0 Å². The zero-order chi connectivity index (χ0) is 11.8. The molecule has 0 amide bonds. The van der Waals surface area contributed by atoms with Gasteiger partial charge < -0.3 is 10.1 Å². The van der Waals surface area contributed by atoms with Gasteiger partial charge in [0, 0.05) is 6.61 Å². The molecule has 1 aromatic heterocycles. The van der Waals surface area contributed by atoms with Crippen molar-refractivity contribution in [3.63, 3.8) is 0 Å². The number of aromatic nitrogens is 3. The van der Waals surface area contributed by atoms with E-state index in [0.717, 1.165) is 6.42 Å². The zero-order valence-electron chi connectivity index (χ0n) is 9.00. The third kappa shape index (κ3) is 2.21. The minimum Gasteiger partial charge on any atom is -0.376 e. The Balaban J connectivity index is 2.23. The first-order valence-corrected chi connectivity index (χ1v) is 5.72. The summed E-state index contributed by atoms with van der Waals surface area (Å²) in [5.41, 5.74) is -0.205. The van der Waals surface area contributed by atoms with Gasteiger partial charge in [0.1, 0.15) is 0 Å². The summed E-state index contributed by atoms with van der Waals surface area (Å²) in [5.74, 6) is 0.446. The fraction of sp³-hybridized carbons (Fsp3) is 0.667. The second-order valence-electron chi connectivity index (χ2n) is 4.03. The molecule has 2 atom stereocenters. The molecule has 2 rings (SSSR count). The Morgan fingerprint density at radius 2 is 2.19 bits per heavy atom. The molecule has 0 aromatic carbocycles. The monoisotopic (exact) mass is 262 g/mol. The first-order chi connectivity index (χ1) is 7.51. The molecule has 0 spiro atoms. The summed E-state index contributed by atoms with van der Waals surface area (Å²) in [6.45, 7) is 4.77. The molecule has 1 aliphatic heterocycles. The number of nitrogens with one attached hydrogen (secondary N) is 1. The van der Waals surface area contributed by atoms with Gasteiger partial charge in [0.2, 0.25) is 5.28 Å². The summed E-state index contributed by atoms with van der Waals surface area (Å²) in [7, 11) is 0. The molecule has 1 aliphatic rings. The predicted molar refractivity (Wildman–Crippen MR) is 61.9 cm³/mol. The van der Waals surface area contributed by atoms with Gasteiger partial charge in [-0.15, -0.1) is 10.2 Å². The van der Waals surface area contributed by atoms with Crippen molar-refractivity contribution < 1.29 is 4.74 Å². The maximum atomic E-state index is 5.89. The van der Waals surface area contributed by atoms with Crippen molar-refractivity contribution in [2.24, 2.45) is 0 Å². The lowest BCUT2D eigenvalue weighted by molar-refractivity contribution is 0.105. The molecule has 5 nitrogen and oxygen atoms in total. The molecule has 88 valence electrons. The van der Waals surface area contributed by atoms with E-state index in [0.29, 0.717) is 12.4 Å². The minimum atomic E-state index is -0.205. The molecule has 1 fully saturated rings. The van der Waals surface area contributed by atoms with Crippen molar-refractivity contribution in [1.82, 2.24) is 15.2 Å². The highest BCUT2D eigenvalue weighted by Gasteiger charge is 2.37. The van der Waals surface area contributed by atoms with Gasteiger partial charge in [-0.05, 0) is 31.9 Å². The number of hydrogen-bond donors (Lipinski definition) is 1. The lowest BCUT2D eigenvalue weighted by Gasteiger charge is -2.29. The Morgan fingerprint density at radius 1 is 1.44 bits per heavy atom. The maximum Gasteiger partial charge on any atom is 0.245 e. The number of halogens is 2. The molecule has 0 radical (unpaired) electrons. The van der Waals surface area contributed by atoms with Crippen LogP contribution in [0.4, 0.5) is 5.82 Å². The molecule has 2 heterocycles. The number of ether oxygens (including phenoxy) is 1. The van der Waals surface area contributed by atoms with E-state index in [9.17, 15) is 0 Å². The molecular formula is C9H12Cl2N4O. The summed E-state index contributed by atoms with van der Waals surface area (Å²) in [5, 5.41) is 10.8. The summed E-state index contributed by atoms with van der Waals surface area (Å²) in [4.78, 5) is 4.01. The zero-order valence-corrected chi connectivity index (χ0v) is 10.5. The molecule has 0 bridgehead atoms. The van der Waals surface area contributed by atoms with Gasteiger partial charge in [-0.25, -0.2) is 0 Å². The van der Waals surface area contributed by atoms with Crippen molar-refractivity contribution in [2.75, 3.05) is 11.9 Å². The van der Waals surface area contributed by atoms with Gasteiger partial charge in [-0.1, -0.05) is 11.6 Å². The van der Waals surface area contributed by atoms with E-state index in [1.54, 1.807) is 0 Å². The smallest absolute Gasteiger partial charge is 0.245 e. The first-order valence-electron chi connectivity index (χ1n) is 4.97. The highest BCUT2D eigenvalue weighted by atomic mass is 35.5. The largest absolute Gasteiger partial charge is 0.376 e. The van der Waals surface area contributed by atoms with Crippen LogP contribution in [0.3, 0.4) is 0 Å². The standard InChI is InChI=1S/C9H12Cl2N4O/c1-5-9(2,3-4-16-5)13-7-6(10)14-15-8(11)12-7/h5H,3-4H2,1-2H3,(H,12,13,15). The summed E-state index contributed by atoms with van der Waals surface area (Å²) in [6.07, 6.45) is 0.962. The van der Waals surface area contributed by atoms with Crippen molar-refractivity contribution in [2.45, 2.75) is 31.9 Å². The SMILES string of the molecule is CC1OCCC1(C)Nc1nc(Cl)nnc1Cl. The molecule has 0 aliphatic carbocycles. The highest BCUT2D eigenvalue weighted by Crippen LogP contribution is 2.30. The molecule has 1 aromatic rings. The average Bonchev–Trinajstić information content (AvgIpc) is 2.53. The van der Waals surface area contributed by atoms with E-state index >= 15 is 0 Å². The van der Waals surface area contributed by atoms with Crippen molar-refractivity contribution in [3.8, 4) is 0 Å². The quantitative estimate of drug-likeness (QED) is 0.885. The predicted octanol–water partition coefficient (Wildman–Crippen LogP) is 2.16. The average molecular weight is 263 g/mol. The van der Waals surface area contributed by atoms with E-state index < -0.39 is 0 Å². The third-order valence-electron chi connectivity index (χ3n) is 2.91. The van der Waals surface area contributed by atoms with Crippen LogP contribution in [0.2, 0.25) is 10.4 Å². The van der Waals surface area contributed by atoms with Crippen LogP contribution in [0, 0.1) is 0 Å². The summed E-state index contributed by atoms with van der Waals surface area (Å²) in [6, 6.07) is 0. The van der Waals surface area contributed by atoms with Gasteiger partial charge in [0.25, 0.3) is 0 Å². The van der Waals surface area contributed by atoms with Crippen LogP contribution in [0.25, 0.3) is 0 Å². The number of nitrogens with zero attached hydrogens (tertiary/aromatic N) is 3. The Kier molecular flexibility index (Phi) is 3.19. The molecule has 1 saturated heterocycles. The van der Waals surface area contributed by atoms with Crippen molar-refractivity contribution in [1.29, 1.82) is 0 Å². The topological polar surface area (TPSA) is 59.9 Å². The second-order valence-corrected chi connectivity index (χ2v) is 4.72. The van der Waals surface area contributed by atoms with Gasteiger partial charge in [-0.2, -0.15) is 4.98 Å². The van der Waals surface area contributed by atoms with Crippen LogP contribution in [0.15, 0.2) is 0 Å². The van der Waals surface area contributed by atoms with Gasteiger partial charge in [-0.3, -0.25) is 0 Å². The molecule has 0 saturated carbocycles. The van der Waals surface area contributed by atoms with Gasteiger partial charge >= 0.3 is 0 Å². The second kappa shape index (κ2) is 4.31. The molecule has 16 heavy (non-hydrogen) atoms. The number of anilines is 1. The van der Waals surface area contributed by atoms with E-state index in [1.165, 1.54) is 0 Å². The number of rotatable bonds is 2. The maximum absolute atomic E-state index is 5.89. The minimum absolute atomic E-state index is 0.0714. The van der Waals surface area contributed by atoms with Crippen LogP contribution in [0.5, 0.6) is 0 Å². The Labute approximate surface area is 104 Å². The Bertz CT molecular complexity index is 403.